The lowest BCUT2D eigenvalue weighted by atomic mass is 10.2. The Hall–Kier alpha value is -1.59. The Balaban J connectivity index is 1.79. The molecule has 0 bridgehead atoms. The van der Waals surface area contributed by atoms with Gasteiger partial charge in [0.25, 0.3) is 0 Å². The summed E-state index contributed by atoms with van der Waals surface area (Å²) in [5.41, 5.74) is 2.02. The minimum Gasteiger partial charge on any atom is -0.356 e. The number of fused-ring (bicyclic) bond motifs is 1. The molecule has 0 aliphatic rings. The number of para-hydroxylation sites is 1. The molecule has 0 fully saturated rings. The quantitative estimate of drug-likeness (QED) is 0.768. The zero-order valence-electron chi connectivity index (χ0n) is 10.4. The van der Waals surface area contributed by atoms with Crippen LogP contribution in [-0.2, 0) is 13.0 Å². The maximum Gasteiger partial charge on any atom is 0.205 e. The van der Waals surface area contributed by atoms with Crippen molar-refractivity contribution in [2.45, 2.75) is 19.9 Å². The SMILES string of the molecule is CCc1nnc(NCc2[nH]c3ccccc3c2Cl)s1. The first-order valence-electron chi connectivity index (χ1n) is 6.09. The van der Waals surface area contributed by atoms with Crippen molar-refractivity contribution in [2.24, 2.45) is 0 Å². The lowest BCUT2D eigenvalue weighted by Gasteiger charge is -2.00. The Labute approximate surface area is 119 Å². The second-order valence-electron chi connectivity index (χ2n) is 4.17. The van der Waals surface area contributed by atoms with E-state index in [1.807, 2.05) is 24.3 Å². The fourth-order valence-electron chi connectivity index (χ4n) is 1.92. The van der Waals surface area contributed by atoms with Gasteiger partial charge in [-0.3, -0.25) is 0 Å². The summed E-state index contributed by atoms with van der Waals surface area (Å²) in [6.45, 7) is 2.69. The monoisotopic (exact) mass is 292 g/mol. The van der Waals surface area contributed by atoms with Gasteiger partial charge in [-0.15, -0.1) is 10.2 Å². The lowest BCUT2D eigenvalue weighted by Crippen LogP contribution is -1.99. The van der Waals surface area contributed by atoms with Crippen molar-refractivity contribution in [3.63, 3.8) is 0 Å². The minimum absolute atomic E-state index is 0.617. The Morgan fingerprint density at radius 2 is 2.16 bits per heavy atom. The van der Waals surface area contributed by atoms with E-state index >= 15 is 0 Å². The number of anilines is 1. The smallest absolute Gasteiger partial charge is 0.205 e. The minimum atomic E-state index is 0.617. The highest BCUT2D eigenvalue weighted by atomic mass is 35.5. The molecule has 0 saturated heterocycles. The molecule has 0 radical (unpaired) electrons. The molecular formula is C13H13ClN4S. The summed E-state index contributed by atoms with van der Waals surface area (Å²) in [4.78, 5) is 3.32. The van der Waals surface area contributed by atoms with Crippen molar-refractivity contribution in [3.05, 3.63) is 40.0 Å². The van der Waals surface area contributed by atoms with E-state index in [1.165, 1.54) is 0 Å². The predicted molar refractivity (Wildman–Crippen MR) is 79.9 cm³/mol. The molecule has 19 heavy (non-hydrogen) atoms. The van der Waals surface area contributed by atoms with Gasteiger partial charge < -0.3 is 10.3 Å². The van der Waals surface area contributed by atoms with Gasteiger partial charge >= 0.3 is 0 Å². The van der Waals surface area contributed by atoms with Gasteiger partial charge in [0.1, 0.15) is 5.01 Å². The summed E-state index contributed by atoms with van der Waals surface area (Å²) in [6.07, 6.45) is 0.909. The predicted octanol–water partition coefficient (Wildman–Crippen LogP) is 3.85. The summed E-state index contributed by atoms with van der Waals surface area (Å²) in [5.74, 6) is 0. The number of hydrogen-bond acceptors (Lipinski definition) is 4. The fourth-order valence-corrected chi connectivity index (χ4v) is 2.87. The van der Waals surface area contributed by atoms with Gasteiger partial charge in [-0.1, -0.05) is 48.1 Å². The van der Waals surface area contributed by atoms with Gasteiger partial charge in [-0.25, -0.2) is 0 Å². The maximum atomic E-state index is 6.35. The highest BCUT2D eigenvalue weighted by Crippen LogP contribution is 2.28. The second-order valence-corrected chi connectivity index (χ2v) is 5.61. The van der Waals surface area contributed by atoms with Crippen LogP contribution in [0.2, 0.25) is 5.02 Å². The van der Waals surface area contributed by atoms with Crippen LogP contribution in [0.4, 0.5) is 5.13 Å². The van der Waals surface area contributed by atoms with Crippen LogP contribution in [0.15, 0.2) is 24.3 Å². The number of benzene rings is 1. The van der Waals surface area contributed by atoms with E-state index in [0.29, 0.717) is 6.54 Å². The van der Waals surface area contributed by atoms with Gasteiger partial charge in [-0.2, -0.15) is 0 Å². The van der Waals surface area contributed by atoms with Gasteiger partial charge in [0, 0.05) is 10.9 Å². The van der Waals surface area contributed by atoms with E-state index in [2.05, 4.69) is 27.4 Å². The average molecular weight is 293 g/mol. The Morgan fingerprint density at radius 3 is 2.89 bits per heavy atom. The number of H-pyrrole nitrogens is 1. The number of rotatable bonds is 4. The van der Waals surface area contributed by atoms with Crippen molar-refractivity contribution in [1.82, 2.24) is 15.2 Å². The third kappa shape index (κ3) is 2.43. The van der Waals surface area contributed by atoms with E-state index in [0.717, 1.165) is 38.2 Å². The molecule has 2 aromatic heterocycles. The van der Waals surface area contributed by atoms with E-state index in [1.54, 1.807) is 11.3 Å². The molecule has 0 spiro atoms. The van der Waals surface area contributed by atoms with Crippen molar-refractivity contribution < 1.29 is 0 Å². The molecule has 2 N–H and O–H groups in total. The molecule has 0 unspecified atom stereocenters. The normalized spacial score (nSPS) is 11.1. The standard InChI is InChI=1S/C13H13ClN4S/c1-2-11-17-18-13(19-11)15-7-10-12(14)8-5-3-4-6-9(8)16-10/h3-6,16H,2,7H2,1H3,(H,15,18). The number of hydrogen-bond donors (Lipinski definition) is 2. The van der Waals surface area contributed by atoms with Crippen molar-refractivity contribution >= 4 is 39.0 Å². The Bertz CT molecular complexity index is 704. The van der Waals surface area contributed by atoms with E-state index in [9.17, 15) is 0 Å². The Kier molecular flexibility index (Phi) is 3.40. The molecule has 0 aliphatic carbocycles. The summed E-state index contributed by atoms with van der Waals surface area (Å²) < 4.78 is 0. The molecule has 6 heteroatoms. The number of aryl methyl sites for hydroxylation is 1. The van der Waals surface area contributed by atoms with Crippen LogP contribution in [0, 0.1) is 0 Å². The molecule has 4 nitrogen and oxygen atoms in total. The first kappa shape index (κ1) is 12.4. The van der Waals surface area contributed by atoms with Crippen LogP contribution >= 0.6 is 22.9 Å². The molecule has 0 aliphatic heterocycles. The molecule has 0 amide bonds. The van der Waals surface area contributed by atoms with Crippen LogP contribution in [0.1, 0.15) is 17.6 Å². The van der Waals surface area contributed by atoms with Gasteiger partial charge in [0.05, 0.1) is 17.3 Å². The van der Waals surface area contributed by atoms with Crippen molar-refractivity contribution in [2.75, 3.05) is 5.32 Å². The van der Waals surface area contributed by atoms with Crippen molar-refractivity contribution in [1.29, 1.82) is 0 Å². The zero-order chi connectivity index (χ0) is 13.2. The van der Waals surface area contributed by atoms with Crippen LogP contribution < -0.4 is 5.32 Å². The molecular weight excluding hydrogens is 280 g/mol. The van der Waals surface area contributed by atoms with Gasteiger partial charge in [0.15, 0.2) is 0 Å². The van der Waals surface area contributed by atoms with Crippen LogP contribution in [-0.4, -0.2) is 15.2 Å². The number of nitrogens with zero attached hydrogens (tertiary/aromatic N) is 2. The van der Waals surface area contributed by atoms with Gasteiger partial charge in [-0.05, 0) is 12.5 Å². The zero-order valence-corrected chi connectivity index (χ0v) is 12.0. The van der Waals surface area contributed by atoms with Gasteiger partial charge in [0.2, 0.25) is 5.13 Å². The fraction of sp³-hybridized carbons (Fsp3) is 0.231. The largest absolute Gasteiger partial charge is 0.356 e. The molecule has 2 heterocycles. The highest BCUT2D eigenvalue weighted by Gasteiger charge is 2.09. The number of halogens is 1. The summed E-state index contributed by atoms with van der Waals surface area (Å²) in [5, 5.41) is 15.1. The lowest BCUT2D eigenvalue weighted by molar-refractivity contribution is 0.971. The third-order valence-corrected chi connectivity index (χ3v) is 4.36. The summed E-state index contributed by atoms with van der Waals surface area (Å²) in [7, 11) is 0. The molecule has 3 aromatic rings. The van der Waals surface area contributed by atoms with Crippen LogP contribution in [0.25, 0.3) is 10.9 Å². The first-order valence-corrected chi connectivity index (χ1v) is 7.28. The summed E-state index contributed by atoms with van der Waals surface area (Å²) >= 11 is 7.93. The maximum absolute atomic E-state index is 6.35. The number of aromatic nitrogens is 3. The molecule has 3 rings (SSSR count). The molecule has 0 saturated carbocycles. The van der Waals surface area contributed by atoms with E-state index in [-0.39, 0.29) is 0 Å². The summed E-state index contributed by atoms with van der Waals surface area (Å²) in [6, 6.07) is 8.00. The highest BCUT2D eigenvalue weighted by molar-refractivity contribution is 7.15. The molecule has 98 valence electrons. The number of aromatic amines is 1. The molecule has 0 atom stereocenters. The topological polar surface area (TPSA) is 53.6 Å². The van der Waals surface area contributed by atoms with Crippen LogP contribution in [0.3, 0.4) is 0 Å². The van der Waals surface area contributed by atoms with Crippen molar-refractivity contribution in [3.8, 4) is 0 Å². The average Bonchev–Trinajstić information content (AvgIpc) is 3.02. The number of nitrogens with one attached hydrogen (secondary N) is 2. The van der Waals surface area contributed by atoms with E-state index in [4.69, 9.17) is 11.6 Å². The Morgan fingerprint density at radius 1 is 1.32 bits per heavy atom. The first-order chi connectivity index (χ1) is 9.28. The third-order valence-electron chi connectivity index (χ3n) is 2.90. The van der Waals surface area contributed by atoms with E-state index < -0.39 is 0 Å². The van der Waals surface area contributed by atoms with Crippen LogP contribution in [0.5, 0.6) is 0 Å². The second kappa shape index (κ2) is 5.19. The molecule has 1 aromatic carbocycles.